The summed E-state index contributed by atoms with van der Waals surface area (Å²) in [6.07, 6.45) is 0.399. The highest BCUT2D eigenvalue weighted by atomic mass is 32.2. The SMILES string of the molecule is NC(=O)c1ccc(OCC(=O)N(c2ccccc2)[C@H]2CCS(=O)(=O)C2)cc1. The van der Waals surface area contributed by atoms with Crippen LogP contribution in [0.2, 0.25) is 0 Å². The van der Waals surface area contributed by atoms with Crippen molar-refractivity contribution >= 4 is 27.3 Å². The lowest BCUT2D eigenvalue weighted by molar-refractivity contribution is -0.121. The quantitative estimate of drug-likeness (QED) is 0.805. The molecule has 1 aliphatic rings. The third kappa shape index (κ3) is 4.65. The molecule has 1 atom stereocenters. The summed E-state index contributed by atoms with van der Waals surface area (Å²) >= 11 is 0. The van der Waals surface area contributed by atoms with E-state index in [0.717, 1.165) is 0 Å². The molecule has 27 heavy (non-hydrogen) atoms. The Morgan fingerprint density at radius 1 is 1.07 bits per heavy atom. The molecular weight excluding hydrogens is 368 g/mol. The van der Waals surface area contributed by atoms with Crippen LogP contribution in [0.4, 0.5) is 5.69 Å². The van der Waals surface area contributed by atoms with E-state index in [2.05, 4.69) is 0 Å². The highest BCUT2D eigenvalue weighted by Gasteiger charge is 2.35. The predicted octanol–water partition coefficient (Wildman–Crippen LogP) is 1.38. The monoisotopic (exact) mass is 388 g/mol. The molecule has 0 bridgehead atoms. The largest absolute Gasteiger partial charge is 0.484 e. The zero-order valence-corrected chi connectivity index (χ0v) is 15.4. The van der Waals surface area contributed by atoms with Gasteiger partial charge in [-0.3, -0.25) is 9.59 Å². The molecule has 1 fully saturated rings. The molecule has 0 unspecified atom stereocenters. The van der Waals surface area contributed by atoms with Crippen LogP contribution in [0.25, 0.3) is 0 Å². The fraction of sp³-hybridized carbons (Fsp3) is 0.263. The predicted molar refractivity (Wildman–Crippen MR) is 101 cm³/mol. The van der Waals surface area contributed by atoms with E-state index in [-0.39, 0.29) is 24.0 Å². The van der Waals surface area contributed by atoms with Crippen molar-refractivity contribution in [3.8, 4) is 5.75 Å². The van der Waals surface area contributed by atoms with Crippen molar-refractivity contribution in [2.45, 2.75) is 12.5 Å². The van der Waals surface area contributed by atoms with Gasteiger partial charge in [-0.25, -0.2) is 8.42 Å². The van der Waals surface area contributed by atoms with Crippen LogP contribution in [0.15, 0.2) is 54.6 Å². The summed E-state index contributed by atoms with van der Waals surface area (Å²) < 4.78 is 29.2. The Morgan fingerprint density at radius 2 is 1.74 bits per heavy atom. The summed E-state index contributed by atoms with van der Waals surface area (Å²) in [5.74, 6) is -0.442. The number of hydrogen-bond acceptors (Lipinski definition) is 5. The summed E-state index contributed by atoms with van der Waals surface area (Å²) in [5.41, 5.74) is 6.17. The first-order chi connectivity index (χ1) is 12.9. The molecule has 2 N–H and O–H groups in total. The lowest BCUT2D eigenvalue weighted by atomic mass is 10.2. The van der Waals surface area contributed by atoms with Gasteiger partial charge in [0.1, 0.15) is 5.75 Å². The van der Waals surface area contributed by atoms with Gasteiger partial charge in [0.15, 0.2) is 16.4 Å². The fourth-order valence-electron chi connectivity index (χ4n) is 3.06. The average Bonchev–Trinajstić information content (AvgIpc) is 3.00. The maximum absolute atomic E-state index is 12.8. The number of hydrogen-bond donors (Lipinski definition) is 1. The fourth-order valence-corrected chi connectivity index (χ4v) is 4.76. The van der Waals surface area contributed by atoms with Crippen LogP contribution in [0.3, 0.4) is 0 Å². The van der Waals surface area contributed by atoms with Gasteiger partial charge in [0.25, 0.3) is 5.91 Å². The Kier molecular flexibility index (Phi) is 5.46. The van der Waals surface area contributed by atoms with Crippen LogP contribution in [0, 0.1) is 0 Å². The lowest BCUT2D eigenvalue weighted by Crippen LogP contribution is -2.43. The Hall–Kier alpha value is -2.87. The van der Waals surface area contributed by atoms with E-state index >= 15 is 0 Å². The Balaban J connectivity index is 1.74. The molecule has 7 nitrogen and oxygen atoms in total. The van der Waals surface area contributed by atoms with Gasteiger partial charge in [0.2, 0.25) is 5.91 Å². The zero-order valence-electron chi connectivity index (χ0n) is 14.6. The zero-order chi connectivity index (χ0) is 19.4. The molecule has 1 heterocycles. The molecule has 2 aromatic rings. The van der Waals surface area contributed by atoms with Crippen molar-refractivity contribution in [3.05, 3.63) is 60.2 Å². The molecule has 0 radical (unpaired) electrons. The topological polar surface area (TPSA) is 107 Å². The van der Waals surface area contributed by atoms with Crippen LogP contribution in [0.1, 0.15) is 16.8 Å². The van der Waals surface area contributed by atoms with Crippen LogP contribution in [-0.2, 0) is 14.6 Å². The van der Waals surface area contributed by atoms with Gasteiger partial charge in [-0.15, -0.1) is 0 Å². The number of nitrogens with zero attached hydrogens (tertiary/aromatic N) is 1. The minimum atomic E-state index is -3.14. The van der Waals surface area contributed by atoms with Gasteiger partial charge in [-0.1, -0.05) is 18.2 Å². The molecule has 3 rings (SSSR count). The first-order valence-electron chi connectivity index (χ1n) is 8.46. The van der Waals surface area contributed by atoms with Crippen LogP contribution >= 0.6 is 0 Å². The molecular formula is C19H20N2O5S. The number of anilines is 1. The molecule has 8 heteroatoms. The van der Waals surface area contributed by atoms with Crippen molar-refractivity contribution in [3.63, 3.8) is 0 Å². The number of carbonyl (C=O) groups excluding carboxylic acids is 2. The Labute approximate surface area is 157 Å². The molecule has 0 aliphatic carbocycles. The standard InChI is InChI=1S/C19H20N2O5S/c20-19(23)14-6-8-17(9-7-14)26-12-18(22)21(15-4-2-1-3-5-15)16-10-11-27(24,25)13-16/h1-9,16H,10-13H2,(H2,20,23)/t16-/m0/s1. The number of rotatable bonds is 6. The second-order valence-corrected chi connectivity index (χ2v) is 8.56. The smallest absolute Gasteiger partial charge is 0.265 e. The summed E-state index contributed by atoms with van der Waals surface area (Å²) in [4.78, 5) is 25.4. The summed E-state index contributed by atoms with van der Waals surface area (Å²) in [6, 6.07) is 14.7. The van der Waals surface area contributed by atoms with E-state index < -0.39 is 21.8 Å². The van der Waals surface area contributed by atoms with E-state index in [1.807, 2.05) is 6.07 Å². The number of amides is 2. The van der Waals surface area contributed by atoms with Crippen LogP contribution < -0.4 is 15.4 Å². The van der Waals surface area contributed by atoms with Gasteiger partial charge in [0, 0.05) is 11.3 Å². The van der Waals surface area contributed by atoms with Crippen molar-refractivity contribution in [1.82, 2.24) is 0 Å². The second kappa shape index (κ2) is 7.79. The highest BCUT2D eigenvalue weighted by Crippen LogP contribution is 2.25. The number of carbonyl (C=O) groups is 2. The molecule has 1 saturated heterocycles. The number of benzene rings is 2. The first-order valence-corrected chi connectivity index (χ1v) is 10.3. The number of nitrogens with two attached hydrogens (primary N) is 1. The van der Waals surface area contributed by atoms with Crippen molar-refractivity contribution < 1.29 is 22.7 Å². The summed E-state index contributed by atoms with van der Waals surface area (Å²) in [6.45, 7) is -0.249. The van der Waals surface area contributed by atoms with Gasteiger partial charge >= 0.3 is 0 Å². The maximum atomic E-state index is 12.8. The first kappa shape index (κ1) is 18.9. The minimum absolute atomic E-state index is 0.0546. The normalized spacial score (nSPS) is 18.0. The maximum Gasteiger partial charge on any atom is 0.265 e. The molecule has 2 aromatic carbocycles. The second-order valence-electron chi connectivity index (χ2n) is 6.33. The molecule has 142 valence electrons. The average molecular weight is 388 g/mol. The van der Waals surface area contributed by atoms with E-state index in [4.69, 9.17) is 10.5 Å². The van der Waals surface area contributed by atoms with Crippen LogP contribution in [0.5, 0.6) is 5.75 Å². The van der Waals surface area contributed by atoms with Gasteiger partial charge in [0.05, 0.1) is 17.5 Å². The van der Waals surface area contributed by atoms with Gasteiger partial charge < -0.3 is 15.4 Å². The van der Waals surface area contributed by atoms with Gasteiger partial charge in [-0.05, 0) is 42.8 Å². The number of primary amides is 1. The van der Waals surface area contributed by atoms with Crippen LogP contribution in [-0.4, -0.2) is 44.4 Å². The minimum Gasteiger partial charge on any atom is -0.484 e. The summed E-state index contributed by atoms with van der Waals surface area (Å²) in [7, 11) is -3.14. The van der Waals surface area contributed by atoms with E-state index in [1.54, 1.807) is 36.4 Å². The van der Waals surface area contributed by atoms with Crippen molar-refractivity contribution in [2.24, 2.45) is 5.73 Å². The highest BCUT2D eigenvalue weighted by molar-refractivity contribution is 7.91. The Morgan fingerprint density at radius 3 is 2.30 bits per heavy atom. The Bertz CT molecular complexity index is 926. The van der Waals surface area contributed by atoms with Gasteiger partial charge in [-0.2, -0.15) is 0 Å². The third-order valence-corrected chi connectivity index (χ3v) is 6.13. The summed E-state index contributed by atoms with van der Waals surface area (Å²) in [5, 5.41) is 0. The number of para-hydroxylation sites is 1. The van der Waals surface area contributed by atoms with E-state index in [1.165, 1.54) is 17.0 Å². The number of sulfone groups is 1. The van der Waals surface area contributed by atoms with E-state index in [0.29, 0.717) is 23.4 Å². The van der Waals surface area contributed by atoms with E-state index in [9.17, 15) is 18.0 Å². The molecule has 0 spiro atoms. The number of ether oxygens (including phenoxy) is 1. The third-order valence-electron chi connectivity index (χ3n) is 4.38. The molecule has 0 saturated carbocycles. The van der Waals surface area contributed by atoms with Crippen molar-refractivity contribution in [1.29, 1.82) is 0 Å². The molecule has 2 amide bonds. The molecule has 1 aliphatic heterocycles. The lowest BCUT2D eigenvalue weighted by Gasteiger charge is -2.28. The van der Waals surface area contributed by atoms with Crippen molar-refractivity contribution in [2.75, 3.05) is 23.0 Å². The molecule has 0 aromatic heterocycles.